The Morgan fingerprint density at radius 3 is 2.45 bits per heavy atom. The minimum absolute atomic E-state index is 0.00738. The lowest BCUT2D eigenvalue weighted by Crippen LogP contribution is -2.43. The highest BCUT2D eigenvalue weighted by Gasteiger charge is 2.26. The summed E-state index contributed by atoms with van der Waals surface area (Å²) in [5.74, 6) is 0.748. The van der Waals surface area contributed by atoms with Crippen molar-refractivity contribution in [2.75, 3.05) is 52.8 Å². The molecule has 9 heteroatoms. The van der Waals surface area contributed by atoms with E-state index >= 15 is 0 Å². The minimum Gasteiger partial charge on any atom is -0.496 e. The zero-order chi connectivity index (χ0) is 22.4. The number of nitrogens with zero attached hydrogens (tertiary/aromatic N) is 2. The molecule has 31 heavy (non-hydrogen) atoms. The molecular formula is C22H30N4O5. The van der Waals surface area contributed by atoms with Gasteiger partial charge in [0.25, 0.3) is 0 Å². The lowest BCUT2D eigenvalue weighted by atomic mass is 10.0. The topological polar surface area (TPSA) is 102 Å². The van der Waals surface area contributed by atoms with Crippen molar-refractivity contribution in [3.05, 3.63) is 23.9 Å². The molecule has 0 bridgehead atoms. The lowest BCUT2D eigenvalue weighted by molar-refractivity contribution is -0.122. The number of carbonyl (C=O) groups excluding carboxylic acids is 2. The summed E-state index contributed by atoms with van der Waals surface area (Å²) in [7, 11) is 4.81. The van der Waals surface area contributed by atoms with Crippen LogP contribution in [0.4, 0.5) is 5.69 Å². The van der Waals surface area contributed by atoms with E-state index in [1.807, 2.05) is 0 Å². The second-order valence-corrected chi connectivity index (χ2v) is 7.33. The van der Waals surface area contributed by atoms with E-state index in [0.29, 0.717) is 40.2 Å². The number of esters is 1. The third-order valence-electron chi connectivity index (χ3n) is 5.46. The quantitative estimate of drug-likeness (QED) is 0.614. The molecule has 0 atom stereocenters. The Morgan fingerprint density at radius 1 is 1.16 bits per heavy atom. The summed E-state index contributed by atoms with van der Waals surface area (Å²) in [4.78, 5) is 30.9. The number of hydrogen-bond donors (Lipinski definition) is 2. The first-order valence-electron chi connectivity index (χ1n) is 10.4. The highest BCUT2D eigenvalue weighted by Crippen LogP contribution is 2.39. The van der Waals surface area contributed by atoms with Gasteiger partial charge in [-0.05, 0) is 31.9 Å². The van der Waals surface area contributed by atoms with Gasteiger partial charge in [0.15, 0.2) is 0 Å². The standard InChI is InChI=1S/C22H30N4O5/c1-5-31-22(28)15-12-24-21-17(30-4)7-6-16(29-3)19(21)20(15)25-14-8-10-26(11-9-14)13-18(27)23-2/h6-7,12,14H,5,8-11,13H2,1-4H3,(H,23,27)(H,24,25). The van der Waals surface area contributed by atoms with Crippen molar-refractivity contribution in [2.24, 2.45) is 0 Å². The van der Waals surface area contributed by atoms with E-state index in [1.54, 1.807) is 40.3 Å². The summed E-state index contributed by atoms with van der Waals surface area (Å²) in [6.45, 7) is 3.99. The maximum Gasteiger partial charge on any atom is 0.341 e. The average Bonchev–Trinajstić information content (AvgIpc) is 2.79. The van der Waals surface area contributed by atoms with E-state index in [0.717, 1.165) is 25.9 Å². The molecule has 0 spiro atoms. The number of hydrogen-bond acceptors (Lipinski definition) is 8. The van der Waals surface area contributed by atoms with Gasteiger partial charge in [0.05, 0.1) is 38.4 Å². The van der Waals surface area contributed by atoms with Crippen LogP contribution >= 0.6 is 0 Å². The Balaban J connectivity index is 1.96. The number of piperidine rings is 1. The Morgan fingerprint density at radius 2 is 1.84 bits per heavy atom. The first-order valence-corrected chi connectivity index (χ1v) is 10.4. The number of rotatable bonds is 8. The molecule has 2 N–H and O–H groups in total. The van der Waals surface area contributed by atoms with Gasteiger partial charge < -0.3 is 24.8 Å². The number of benzene rings is 1. The SMILES string of the molecule is CCOC(=O)c1cnc2c(OC)ccc(OC)c2c1NC1CCN(CC(=O)NC)CC1. The number of likely N-dealkylation sites (tertiary alicyclic amines) is 1. The van der Waals surface area contributed by atoms with Crippen LogP contribution in [0.5, 0.6) is 11.5 Å². The number of pyridine rings is 1. The highest BCUT2D eigenvalue weighted by atomic mass is 16.5. The normalized spacial score (nSPS) is 14.8. The second kappa shape index (κ2) is 10.3. The third kappa shape index (κ3) is 4.99. The Labute approximate surface area is 182 Å². The van der Waals surface area contributed by atoms with Crippen LogP contribution in [0, 0.1) is 0 Å². The van der Waals surface area contributed by atoms with Gasteiger partial charge in [-0.1, -0.05) is 0 Å². The summed E-state index contributed by atoms with van der Waals surface area (Å²) in [5.41, 5.74) is 1.59. The van der Waals surface area contributed by atoms with Gasteiger partial charge in [-0.2, -0.15) is 0 Å². The summed E-state index contributed by atoms with van der Waals surface area (Å²) in [6.07, 6.45) is 3.18. The number of likely N-dealkylation sites (N-methyl/N-ethyl adjacent to an activating group) is 1. The molecule has 9 nitrogen and oxygen atoms in total. The van der Waals surface area contributed by atoms with Gasteiger partial charge in [0.1, 0.15) is 22.6 Å². The number of methoxy groups -OCH3 is 2. The van der Waals surface area contributed by atoms with Crippen LogP contribution < -0.4 is 20.1 Å². The van der Waals surface area contributed by atoms with Crippen LogP contribution in [0.2, 0.25) is 0 Å². The molecule has 1 aromatic carbocycles. The van der Waals surface area contributed by atoms with Crippen molar-refractivity contribution in [1.29, 1.82) is 0 Å². The van der Waals surface area contributed by atoms with E-state index in [-0.39, 0.29) is 18.6 Å². The Bertz CT molecular complexity index is 941. The van der Waals surface area contributed by atoms with Crippen LogP contribution in [0.25, 0.3) is 10.9 Å². The molecule has 1 fully saturated rings. The van der Waals surface area contributed by atoms with Gasteiger partial charge in [-0.25, -0.2) is 4.79 Å². The van der Waals surface area contributed by atoms with Crippen LogP contribution in [0.15, 0.2) is 18.3 Å². The van der Waals surface area contributed by atoms with Crippen molar-refractivity contribution in [1.82, 2.24) is 15.2 Å². The number of amides is 1. The molecule has 3 rings (SSSR count). The number of aromatic nitrogens is 1. The monoisotopic (exact) mass is 430 g/mol. The van der Waals surface area contributed by atoms with Gasteiger partial charge >= 0.3 is 5.97 Å². The molecule has 1 amide bonds. The molecular weight excluding hydrogens is 400 g/mol. The summed E-state index contributed by atoms with van der Waals surface area (Å²) in [5, 5.41) is 6.88. The predicted octanol–water partition coefficient (Wildman–Crippen LogP) is 2.05. The zero-order valence-electron chi connectivity index (χ0n) is 18.5. The number of ether oxygens (including phenoxy) is 3. The fourth-order valence-electron chi connectivity index (χ4n) is 3.82. The van der Waals surface area contributed by atoms with Crippen molar-refractivity contribution in [3.8, 4) is 11.5 Å². The Hall–Kier alpha value is -3.07. The fraction of sp³-hybridized carbons (Fsp3) is 0.500. The van der Waals surface area contributed by atoms with Crippen LogP contribution in [0.1, 0.15) is 30.1 Å². The molecule has 0 radical (unpaired) electrons. The first kappa shape index (κ1) is 22.6. The number of fused-ring (bicyclic) bond motifs is 1. The van der Waals surface area contributed by atoms with E-state index in [9.17, 15) is 9.59 Å². The summed E-state index contributed by atoms with van der Waals surface area (Å²) >= 11 is 0. The van der Waals surface area contributed by atoms with E-state index in [1.165, 1.54) is 6.20 Å². The van der Waals surface area contributed by atoms with Gasteiger partial charge in [-0.3, -0.25) is 14.7 Å². The molecule has 0 unspecified atom stereocenters. The molecule has 1 saturated heterocycles. The number of nitrogens with one attached hydrogen (secondary N) is 2. The molecule has 168 valence electrons. The molecule has 1 aliphatic heterocycles. The van der Waals surface area contributed by atoms with Crippen molar-refractivity contribution in [2.45, 2.75) is 25.8 Å². The highest BCUT2D eigenvalue weighted by molar-refractivity contribution is 6.08. The molecule has 1 aliphatic rings. The molecule has 0 aliphatic carbocycles. The molecule has 1 aromatic heterocycles. The lowest BCUT2D eigenvalue weighted by Gasteiger charge is -2.33. The summed E-state index contributed by atoms with van der Waals surface area (Å²) in [6, 6.07) is 3.71. The zero-order valence-corrected chi connectivity index (χ0v) is 18.5. The average molecular weight is 431 g/mol. The van der Waals surface area contributed by atoms with Gasteiger partial charge in [-0.15, -0.1) is 0 Å². The van der Waals surface area contributed by atoms with E-state index < -0.39 is 5.97 Å². The summed E-state index contributed by atoms with van der Waals surface area (Å²) < 4.78 is 16.3. The van der Waals surface area contributed by atoms with E-state index in [4.69, 9.17) is 14.2 Å². The number of anilines is 1. The van der Waals surface area contributed by atoms with E-state index in [2.05, 4.69) is 20.5 Å². The second-order valence-electron chi connectivity index (χ2n) is 7.33. The van der Waals surface area contributed by atoms with Crippen LogP contribution in [0.3, 0.4) is 0 Å². The number of carbonyl (C=O) groups is 2. The van der Waals surface area contributed by atoms with Gasteiger partial charge in [0.2, 0.25) is 5.91 Å². The van der Waals surface area contributed by atoms with Crippen molar-refractivity contribution < 1.29 is 23.8 Å². The molecule has 0 saturated carbocycles. The molecule has 2 heterocycles. The van der Waals surface area contributed by atoms with Crippen LogP contribution in [-0.4, -0.2) is 75.3 Å². The Kier molecular flexibility index (Phi) is 7.51. The predicted molar refractivity (Wildman–Crippen MR) is 118 cm³/mol. The van der Waals surface area contributed by atoms with Crippen molar-refractivity contribution >= 4 is 28.5 Å². The largest absolute Gasteiger partial charge is 0.496 e. The first-order chi connectivity index (χ1) is 15.0. The maximum absolute atomic E-state index is 12.7. The van der Waals surface area contributed by atoms with Crippen molar-refractivity contribution in [3.63, 3.8) is 0 Å². The molecule has 2 aromatic rings. The third-order valence-corrected chi connectivity index (χ3v) is 5.46. The van der Waals surface area contributed by atoms with Gasteiger partial charge in [0, 0.05) is 32.4 Å². The van der Waals surface area contributed by atoms with Crippen LogP contribution in [-0.2, 0) is 9.53 Å². The smallest absolute Gasteiger partial charge is 0.341 e. The maximum atomic E-state index is 12.7. The fourth-order valence-corrected chi connectivity index (χ4v) is 3.82. The minimum atomic E-state index is -0.443.